The van der Waals surface area contributed by atoms with E-state index in [0.717, 1.165) is 10.4 Å². The number of hydrogen-bond acceptors (Lipinski definition) is 4. The normalized spacial score (nSPS) is 11.7. The summed E-state index contributed by atoms with van der Waals surface area (Å²) in [6.45, 7) is 0.538. The van der Waals surface area contributed by atoms with Crippen LogP contribution in [0.5, 0.6) is 0 Å². The quantitative estimate of drug-likeness (QED) is 0.673. The summed E-state index contributed by atoms with van der Waals surface area (Å²) in [5.74, 6) is -0.300. The molecule has 1 unspecified atom stereocenters. The average molecular weight is 385 g/mol. The Balaban J connectivity index is 1.74. The van der Waals surface area contributed by atoms with Crippen LogP contribution in [0.1, 0.15) is 20.1 Å². The van der Waals surface area contributed by atoms with Gasteiger partial charge in [0.25, 0.3) is 5.91 Å². The van der Waals surface area contributed by atoms with Crippen LogP contribution in [0.4, 0.5) is 0 Å². The Bertz CT molecular complexity index is 830. The molecule has 1 atom stereocenters. The van der Waals surface area contributed by atoms with Crippen LogP contribution >= 0.6 is 22.7 Å². The molecule has 0 saturated heterocycles. The highest BCUT2D eigenvalue weighted by Crippen LogP contribution is 2.14. The maximum absolute atomic E-state index is 13.0. The molecule has 26 heavy (non-hydrogen) atoms. The molecule has 0 fully saturated rings. The van der Waals surface area contributed by atoms with Gasteiger partial charge in [-0.1, -0.05) is 42.5 Å². The first kappa shape index (κ1) is 18.4. The number of amides is 2. The lowest BCUT2D eigenvalue weighted by atomic mass is 10.0. The van der Waals surface area contributed by atoms with Crippen LogP contribution in [0.3, 0.4) is 0 Å². The Labute approximate surface area is 161 Å². The van der Waals surface area contributed by atoms with Crippen LogP contribution in [-0.2, 0) is 17.8 Å². The van der Waals surface area contributed by atoms with E-state index in [1.54, 1.807) is 29.4 Å². The van der Waals surface area contributed by atoms with Gasteiger partial charge in [0, 0.05) is 18.3 Å². The van der Waals surface area contributed by atoms with Crippen molar-refractivity contribution >= 4 is 34.5 Å². The first-order valence-electron chi connectivity index (χ1n) is 8.29. The number of nitrogens with zero attached hydrogens (tertiary/aromatic N) is 1. The van der Waals surface area contributed by atoms with E-state index in [2.05, 4.69) is 5.32 Å². The van der Waals surface area contributed by atoms with Gasteiger partial charge in [0.05, 0.1) is 11.4 Å². The standard InChI is InChI=1S/C20H20N2O2S2/c1-22(14-16-9-5-11-25-16)20(24)17(13-15-7-3-2-4-8-15)21-19(23)18-10-6-12-26-18/h2-12,17H,13-14H2,1H3,(H,21,23). The summed E-state index contributed by atoms with van der Waals surface area (Å²) in [4.78, 5) is 28.9. The SMILES string of the molecule is CN(Cc1cccs1)C(=O)C(Cc1ccccc1)NC(=O)c1cccs1. The third-order valence-corrected chi connectivity index (χ3v) is 5.71. The van der Waals surface area contributed by atoms with Crippen LogP contribution < -0.4 is 5.32 Å². The van der Waals surface area contributed by atoms with E-state index in [-0.39, 0.29) is 11.8 Å². The zero-order valence-corrected chi connectivity index (χ0v) is 16.1. The lowest BCUT2D eigenvalue weighted by Crippen LogP contribution is -2.48. The molecule has 1 N–H and O–H groups in total. The van der Waals surface area contributed by atoms with Crippen molar-refractivity contribution in [3.05, 3.63) is 80.7 Å². The summed E-state index contributed by atoms with van der Waals surface area (Å²) in [6, 6.07) is 16.7. The van der Waals surface area contributed by atoms with Gasteiger partial charge in [-0.25, -0.2) is 0 Å². The lowest BCUT2D eigenvalue weighted by Gasteiger charge is -2.24. The number of likely N-dealkylation sites (N-methyl/N-ethyl adjacent to an activating group) is 1. The first-order chi connectivity index (χ1) is 12.6. The van der Waals surface area contributed by atoms with Gasteiger partial charge in [-0.15, -0.1) is 22.7 Å². The van der Waals surface area contributed by atoms with Gasteiger partial charge in [-0.05, 0) is 28.5 Å². The molecule has 3 rings (SSSR count). The highest BCUT2D eigenvalue weighted by atomic mass is 32.1. The molecule has 2 heterocycles. The van der Waals surface area contributed by atoms with E-state index in [1.165, 1.54) is 11.3 Å². The molecule has 0 bridgehead atoms. The van der Waals surface area contributed by atoms with Gasteiger partial charge in [0.1, 0.15) is 6.04 Å². The van der Waals surface area contributed by atoms with Crippen LogP contribution in [0, 0.1) is 0 Å². The molecule has 4 nitrogen and oxygen atoms in total. The second kappa shape index (κ2) is 8.78. The third-order valence-electron chi connectivity index (χ3n) is 3.98. The first-order valence-corrected chi connectivity index (χ1v) is 10.0. The van der Waals surface area contributed by atoms with E-state index >= 15 is 0 Å². The Kier molecular flexibility index (Phi) is 6.20. The molecule has 2 aromatic heterocycles. The number of carbonyl (C=O) groups is 2. The molecule has 0 radical (unpaired) electrons. The van der Waals surface area contributed by atoms with Gasteiger partial charge >= 0.3 is 0 Å². The molecule has 0 aliphatic heterocycles. The molecule has 0 aliphatic rings. The minimum atomic E-state index is -0.600. The van der Waals surface area contributed by atoms with Crippen molar-refractivity contribution in [2.45, 2.75) is 19.0 Å². The highest BCUT2D eigenvalue weighted by Gasteiger charge is 2.25. The van der Waals surface area contributed by atoms with E-state index < -0.39 is 6.04 Å². The van der Waals surface area contributed by atoms with Crippen LogP contribution in [0.15, 0.2) is 65.4 Å². The van der Waals surface area contributed by atoms with Gasteiger partial charge in [0.2, 0.25) is 5.91 Å². The summed E-state index contributed by atoms with van der Waals surface area (Å²) in [7, 11) is 1.78. The predicted octanol–water partition coefficient (Wildman–Crippen LogP) is 3.81. The molecule has 0 aliphatic carbocycles. The molecule has 0 spiro atoms. The van der Waals surface area contributed by atoms with E-state index in [1.807, 2.05) is 59.3 Å². The van der Waals surface area contributed by atoms with Crippen molar-refractivity contribution in [1.82, 2.24) is 10.2 Å². The van der Waals surface area contributed by atoms with Gasteiger partial charge in [-0.2, -0.15) is 0 Å². The summed E-state index contributed by atoms with van der Waals surface area (Å²) < 4.78 is 0. The predicted molar refractivity (Wildman–Crippen MR) is 107 cm³/mol. The van der Waals surface area contributed by atoms with Crippen molar-refractivity contribution in [1.29, 1.82) is 0 Å². The fraction of sp³-hybridized carbons (Fsp3) is 0.200. The van der Waals surface area contributed by atoms with Crippen LogP contribution in [-0.4, -0.2) is 29.8 Å². The second-order valence-corrected chi connectivity index (χ2v) is 7.95. The van der Waals surface area contributed by atoms with E-state index in [0.29, 0.717) is 17.8 Å². The Morgan fingerprint density at radius 2 is 1.73 bits per heavy atom. The maximum Gasteiger partial charge on any atom is 0.262 e. The Hall–Kier alpha value is -2.44. The van der Waals surface area contributed by atoms with Crippen molar-refractivity contribution in [3.8, 4) is 0 Å². The van der Waals surface area contributed by atoms with Gasteiger partial charge in [-0.3, -0.25) is 9.59 Å². The largest absolute Gasteiger partial charge is 0.339 e. The van der Waals surface area contributed by atoms with Gasteiger partial charge < -0.3 is 10.2 Å². The van der Waals surface area contributed by atoms with Crippen molar-refractivity contribution in [2.24, 2.45) is 0 Å². The molecule has 6 heteroatoms. The molecule has 2 amide bonds. The Morgan fingerprint density at radius 1 is 1.00 bits per heavy atom. The summed E-state index contributed by atoms with van der Waals surface area (Å²) in [5, 5.41) is 6.76. The maximum atomic E-state index is 13.0. The minimum absolute atomic E-state index is 0.0906. The monoisotopic (exact) mass is 384 g/mol. The molecule has 1 aromatic carbocycles. The smallest absolute Gasteiger partial charge is 0.262 e. The fourth-order valence-electron chi connectivity index (χ4n) is 2.67. The van der Waals surface area contributed by atoms with Crippen LogP contribution in [0.2, 0.25) is 0 Å². The summed E-state index contributed by atoms with van der Waals surface area (Å²) >= 11 is 2.98. The minimum Gasteiger partial charge on any atom is -0.339 e. The van der Waals surface area contributed by atoms with Crippen LogP contribution in [0.25, 0.3) is 0 Å². The van der Waals surface area contributed by atoms with Crippen molar-refractivity contribution < 1.29 is 9.59 Å². The third kappa shape index (κ3) is 4.80. The molecular weight excluding hydrogens is 364 g/mol. The number of thiophene rings is 2. The average Bonchev–Trinajstić information content (AvgIpc) is 3.35. The topological polar surface area (TPSA) is 49.4 Å². The molecular formula is C20H20N2O2S2. The van der Waals surface area contributed by atoms with E-state index in [9.17, 15) is 9.59 Å². The number of rotatable bonds is 7. The van der Waals surface area contributed by atoms with E-state index in [4.69, 9.17) is 0 Å². The number of hydrogen-bond donors (Lipinski definition) is 1. The summed E-state index contributed by atoms with van der Waals surface area (Å²) in [6.07, 6.45) is 0.464. The molecule has 3 aromatic rings. The highest BCUT2D eigenvalue weighted by molar-refractivity contribution is 7.12. The molecule has 134 valence electrons. The number of nitrogens with one attached hydrogen (secondary N) is 1. The molecule has 0 saturated carbocycles. The second-order valence-electron chi connectivity index (χ2n) is 5.97. The van der Waals surface area contributed by atoms with Crippen molar-refractivity contribution in [3.63, 3.8) is 0 Å². The lowest BCUT2D eigenvalue weighted by molar-refractivity contribution is -0.132. The number of carbonyl (C=O) groups excluding carboxylic acids is 2. The number of benzene rings is 1. The Morgan fingerprint density at radius 3 is 2.38 bits per heavy atom. The summed E-state index contributed by atoms with van der Waals surface area (Å²) in [5.41, 5.74) is 1.02. The fourth-order valence-corrected chi connectivity index (χ4v) is 4.05. The van der Waals surface area contributed by atoms with Gasteiger partial charge in [0.15, 0.2) is 0 Å². The zero-order chi connectivity index (χ0) is 18.4. The van der Waals surface area contributed by atoms with Crippen molar-refractivity contribution in [2.75, 3.05) is 7.05 Å². The zero-order valence-electron chi connectivity index (χ0n) is 14.4.